The number of halogens is 1. The first kappa shape index (κ1) is 20.6. The van der Waals surface area contributed by atoms with E-state index >= 15 is 0 Å². The van der Waals surface area contributed by atoms with Gasteiger partial charge in [0.25, 0.3) is 0 Å². The van der Waals surface area contributed by atoms with Crippen LogP contribution in [0, 0.1) is 5.92 Å². The van der Waals surface area contributed by atoms with E-state index in [2.05, 4.69) is 12.2 Å². The lowest BCUT2D eigenvalue weighted by atomic mass is 9.85. The van der Waals surface area contributed by atoms with E-state index in [1.54, 1.807) is 25.1 Å². The summed E-state index contributed by atoms with van der Waals surface area (Å²) in [4.78, 5) is 26.2. The third-order valence-corrected chi connectivity index (χ3v) is 6.34. The molecule has 1 aromatic heterocycles. The molecule has 6 heteroatoms. The van der Waals surface area contributed by atoms with Crippen LogP contribution in [-0.4, -0.2) is 18.5 Å². The molecule has 0 bridgehead atoms. The average molecular weight is 418 g/mol. The number of carbonyl (C=O) groups is 2. The molecule has 1 atom stereocenters. The number of hydrogen-bond donors (Lipinski definition) is 1. The summed E-state index contributed by atoms with van der Waals surface area (Å²) < 4.78 is 5.25. The summed E-state index contributed by atoms with van der Waals surface area (Å²) in [6.45, 7) is 4.29. The highest BCUT2D eigenvalue weighted by molar-refractivity contribution is 7.17. The third kappa shape index (κ3) is 4.83. The Kier molecular flexibility index (Phi) is 6.92. The van der Waals surface area contributed by atoms with Gasteiger partial charge < -0.3 is 10.1 Å². The highest BCUT2D eigenvalue weighted by Crippen LogP contribution is 2.40. The van der Waals surface area contributed by atoms with Crippen molar-refractivity contribution in [3.05, 3.63) is 56.9 Å². The Morgan fingerprint density at radius 1 is 1.36 bits per heavy atom. The van der Waals surface area contributed by atoms with Crippen LogP contribution in [-0.2, 0) is 22.4 Å². The second-order valence-corrected chi connectivity index (χ2v) is 8.36. The van der Waals surface area contributed by atoms with E-state index in [1.165, 1.54) is 22.3 Å². The van der Waals surface area contributed by atoms with Crippen molar-refractivity contribution in [3.8, 4) is 0 Å². The maximum absolute atomic E-state index is 12.5. The molecule has 28 heavy (non-hydrogen) atoms. The average Bonchev–Trinajstić information content (AvgIpc) is 3.03. The predicted molar refractivity (Wildman–Crippen MR) is 115 cm³/mol. The van der Waals surface area contributed by atoms with E-state index in [4.69, 9.17) is 16.3 Å². The van der Waals surface area contributed by atoms with Crippen LogP contribution in [0.25, 0.3) is 6.08 Å². The van der Waals surface area contributed by atoms with Gasteiger partial charge in [-0.05, 0) is 61.4 Å². The van der Waals surface area contributed by atoms with E-state index in [1.807, 2.05) is 12.1 Å². The Bertz CT molecular complexity index is 903. The summed E-state index contributed by atoms with van der Waals surface area (Å²) >= 11 is 7.47. The van der Waals surface area contributed by atoms with Gasteiger partial charge in [0.1, 0.15) is 5.00 Å². The standard InChI is InChI=1S/C22H24ClNO3S/c1-3-14-8-10-17-18(13-14)28-21(20(17)22(26)27-4-2)24-19(25)11-9-15-6-5-7-16(23)12-15/h5-7,9,11-12,14H,3-4,8,10,13H2,1-2H3,(H,24,25). The molecule has 1 amide bonds. The van der Waals surface area contributed by atoms with Gasteiger partial charge in [-0.25, -0.2) is 4.79 Å². The van der Waals surface area contributed by atoms with Crippen LogP contribution in [0.5, 0.6) is 0 Å². The van der Waals surface area contributed by atoms with Crippen LogP contribution < -0.4 is 5.32 Å². The third-order valence-electron chi connectivity index (χ3n) is 4.94. The minimum absolute atomic E-state index is 0.281. The monoisotopic (exact) mass is 417 g/mol. The van der Waals surface area contributed by atoms with Gasteiger partial charge in [-0.2, -0.15) is 0 Å². The summed E-state index contributed by atoms with van der Waals surface area (Å²) in [5, 5.41) is 4.08. The van der Waals surface area contributed by atoms with E-state index in [0.717, 1.165) is 36.8 Å². The maximum Gasteiger partial charge on any atom is 0.341 e. The number of rotatable bonds is 6. The zero-order valence-electron chi connectivity index (χ0n) is 16.1. The highest BCUT2D eigenvalue weighted by Gasteiger charge is 2.29. The molecule has 1 aromatic carbocycles. The normalized spacial score (nSPS) is 16.0. The van der Waals surface area contributed by atoms with Crippen LogP contribution in [0.3, 0.4) is 0 Å². The number of benzene rings is 1. The van der Waals surface area contributed by atoms with Gasteiger partial charge in [0.2, 0.25) is 5.91 Å². The number of esters is 1. The van der Waals surface area contributed by atoms with Crippen LogP contribution >= 0.6 is 22.9 Å². The molecule has 0 radical (unpaired) electrons. The quantitative estimate of drug-likeness (QED) is 0.481. The molecule has 1 heterocycles. The van der Waals surface area contributed by atoms with Gasteiger partial charge in [-0.3, -0.25) is 4.79 Å². The fourth-order valence-electron chi connectivity index (χ4n) is 3.45. The molecule has 0 saturated carbocycles. The summed E-state index contributed by atoms with van der Waals surface area (Å²) in [5.74, 6) is -0.00676. The first-order valence-electron chi connectivity index (χ1n) is 9.58. The molecule has 0 spiro atoms. The molecule has 1 aliphatic rings. The fourth-order valence-corrected chi connectivity index (χ4v) is 5.00. The second kappa shape index (κ2) is 9.39. The Balaban J connectivity index is 1.83. The van der Waals surface area contributed by atoms with Crippen LogP contribution in [0.15, 0.2) is 30.3 Å². The SMILES string of the molecule is CCOC(=O)c1c(NC(=O)C=Cc2cccc(Cl)c2)sc2c1CCC(CC)C2. The number of carbonyl (C=O) groups excluding carboxylic acids is 2. The molecule has 0 aliphatic heterocycles. The first-order chi connectivity index (χ1) is 13.5. The molecule has 0 saturated heterocycles. The molecule has 1 unspecified atom stereocenters. The second-order valence-electron chi connectivity index (χ2n) is 6.82. The molecule has 1 N–H and O–H groups in total. The first-order valence-corrected chi connectivity index (χ1v) is 10.8. The largest absolute Gasteiger partial charge is 0.462 e. The zero-order chi connectivity index (χ0) is 20.1. The summed E-state index contributed by atoms with van der Waals surface area (Å²) in [5.41, 5.74) is 2.41. The Morgan fingerprint density at radius 2 is 2.18 bits per heavy atom. The van der Waals surface area contributed by atoms with E-state index in [9.17, 15) is 9.59 Å². The molecule has 3 rings (SSSR count). The van der Waals surface area contributed by atoms with Gasteiger partial charge in [0.05, 0.1) is 12.2 Å². The number of thiophene rings is 1. The van der Waals surface area contributed by atoms with E-state index in [0.29, 0.717) is 28.1 Å². The van der Waals surface area contributed by atoms with Crippen molar-refractivity contribution in [2.24, 2.45) is 5.92 Å². The van der Waals surface area contributed by atoms with Crippen LogP contribution in [0.4, 0.5) is 5.00 Å². The number of ether oxygens (including phenoxy) is 1. The predicted octanol–water partition coefficient (Wildman–Crippen LogP) is 5.75. The lowest BCUT2D eigenvalue weighted by molar-refractivity contribution is -0.111. The fraction of sp³-hybridized carbons (Fsp3) is 0.364. The highest BCUT2D eigenvalue weighted by atomic mass is 35.5. The van der Waals surface area contributed by atoms with Gasteiger partial charge in [-0.1, -0.05) is 37.1 Å². The Labute approximate surface area is 174 Å². The van der Waals surface area contributed by atoms with Crippen molar-refractivity contribution in [3.63, 3.8) is 0 Å². The number of hydrogen-bond acceptors (Lipinski definition) is 4. The number of amides is 1. The summed E-state index contributed by atoms with van der Waals surface area (Å²) in [6, 6.07) is 7.26. The lowest BCUT2D eigenvalue weighted by Crippen LogP contribution is -2.16. The molecule has 0 fully saturated rings. The zero-order valence-corrected chi connectivity index (χ0v) is 17.7. The smallest absolute Gasteiger partial charge is 0.341 e. The van der Waals surface area contributed by atoms with Crippen LogP contribution in [0.1, 0.15) is 53.1 Å². The van der Waals surface area contributed by atoms with Gasteiger partial charge in [0, 0.05) is 16.0 Å². The van der Waals surface area contributed by atoms with Gasteiger partial charge >= 0.3 is 5.97 Å². The van der Waals surface area contributed by atoms with Crippen molar-refractivity contribution in [1.82, 2.24) is 0 Å². The Morgan fingerprint density at radius 3 is 2.89 bits per heavy atom. The molecule has 4 nitrogen and oxygen atoms in total. The minimum atomic E-state index is -0.357. The molecular weight excluding hydrogens is 394 g/mol. The number of nitrogens with one attached hydrogen (secondary N) is 1. The van der Waals surface area contributed by atoms with Crippen molar-refractivity contribution in [1.29, 1.82) is 0 Å². The number of anilines is 1. The lowest BCUT2D eigenvalue weighted by Gasteiger charge is -2.20. The minimum Gasteiger partial charge on any atom is -0.462 e. The molecular formula is C22H24ClNO3S. The topological polar surface area (TPSA) is 55.4 Å². The van der Waals surface area contributed by atoms with Crippen molar-refractivity contribution in [2.45, 2.75) is 39.5 Å². The Hall–Kier alpha value is -2.11. The van der Waals surface area contributed by atoms with Crippen molar-refractivity contribution < 1.29 is 14.3 Å². The van der Waals surface area contributed by atoms with E-state index < -0.39 is 0 Å². The van der Waals surface area contributed by atoms with Crippen molar-refractivity contribution in [2.75, 3.05) is 11.9 Å². The van der Waals surface area contributed by atoms with Crippen LogP contribution in [0.2, 0.25) is 5.02 Å². The van der Waals surface area contributed by atoms with Gasteiger partial charge in [-0.15, -0.1) is 11.3 Å². The molecule has 148 valence electrons. The van der Waals surface area contributed by atoms with Gasteiger partial charge in [0.15, 0.2) is 0 Å². The summed E-state index contributed by atoms with van der Waals surface area (Å²) in [7, 11) is 0. The van der Waals surface area contributed by atoms with E-state index in [-0.39, 0.29) is 11.9 Å². The molecule has 1 aliphatic carbocycles. The summed E-state index contributed by atoms with van der Waals surface area (Å²) in [6.07, 6.45) is 7.15. The van der Waals surface area contributed by atoms with Crippen molar-refractivity contribution >= 4 is 45.9 Å². The molecule has 2 aromatic rings. The number of fused-ring (bicyclic) bond motifs is 1. The maximum atomic E-state index is 12.5.